The predicted molar refractivity (Wildman–Crippen MR) is 60.4 cm³/mol. The van der Waals surface area contributed by atoms with Crippen molar-refractivity contribution in [3.8, 4) is 0 Å². The zero-order chi connectivity index (χ0) is 10.7. The zero-order valence-electron chi connectivity index (χ0n) is 8.90. The Bertz CT molecular complexity index is 319. The Morgan fingerprint density at radius 2 is 2.33 bits per heavy atom. The molecule has 0 bridgehead atoms. The maximum absolute atomic E-state index is 9.11. The van der Waals surface area contributed by atoms with Crippen LogP contribution in [0, 0.1) is 6.92 Å². The van der Waals surface area contributed by atoms with Crippen LogP contribution in [0.5, 0.6) is 0 Å². The Labute approximate surface area is 93.5 Å². The van der Waals surface area contributed by atoms with Crippen molar-refractivity contribution >= 4 is 16.5 Å². The molecule has 1 aromatic rings. The average Bonchev–Trinajstić information content (AvgIpc) is 2.48. The molecule has 0 saturated carbocycles. The van der Waals surface area contributed by atoms with Gasteiger partial charge in [-0.25, -0.2) is 4.98 Å². The highest BCUT2D eigenvalue weighted by molar-refractivity contribution is 7.15. The summed E-state index contributed by atoms with van der Waals surface area (Å²) in [6.07, 6.45) is 1.05. The second-order valence-corrected chi connectivity index (χ2v) is 4.68. The molecule has 0 unspecified atom stereocenters. The van der Waals surface area contributed by atoms with Gasteiger partial charge in [0, 0.05) is 19.7 Å². The summed E-state index contributed by atoms with van der Waals surface area (Å²) in [5.41, 5.74) is 0.947. The molecule has 0 spiro atoms. The van der Waals surface area contributed by atoms with Crippen LogP contribution in [0.4, 0.5) is 5.13 Å². The Hall–Kier alpha value is -0.650. The number of nitrogens with zero attached hydrogens (tertiary/aromatic N) is 2. The Balaban J connectivity index is 2.12. The summed E-state index contributed by atoms with van der Waals surface area (Å²) >= 11 is 1.58. The van der Waals surface area contributed by atoms with Gasteiger partial charge in [0.15, 0.2) is 5.13 Å². The summed E-state index contributed by atoms with van der Waals surface area (Å²) in [5, 5.41) is 10.1. The van der Waals surface area contributed by atoms with Crippen molar-refractivity contribution in [2.24, 2.45) is 0 Å². The number of aliphatic hydroxyl groups is 1. The smallest absolute Gasteiger partial charge is 0.185 e. The summed E-state index contributed by atoms with van der Waals surface area (Å²) in [7, 11) is 0. The molecule has 4 nitrogen and oxygen atoms in total. The van der Waals surface area contributed by atoms with Gasteiger partial charge in [0.1, 0.15) is 0 Å². The number of anilines is 1. The molecule has 1 aromatic heterocycles. The second-order valence-electron chi connectivity index (χ2n) is 3.62. The third-order valence-corrected chi connectivity index (χ3v) is 3.72. The maximum Gasteiger partial charge on any atom is 0.185 e. The van der Waals surface area contributed by atoms with E-state index in [4.69, 9.17) is 9.84 Å². The lowest BCUT2D eigenvalue weighted by Crippen LogP contribution is -2.25. The largest absolute Gasteiger partial charge is 0.391 e. The first-order valence-corrected chi connectivity index (χ1v) is 6.03. The normalized spacial score (nSPS) is 17.9. The van der Waals surface area contributed by atoms with Gasteiger partial charge in [-0.05, 0) is 13.3 Å². The van der Waals surface area contributed by atoms with Crippen molar-refractivity contribution in [3.63, 3.8) is 0 Å². The van der Waals surface area contributed by atoms with Crippen molar-refractivity contribution in [1.82, 2.24) is 4.98 Å². The monoisotopic (exact) mass is 228 g/mol. The van der Waals surface area contributed by atoms with Crippen molar-refractivity contribution in [2.75, 3.05) is 31.2 Å². The molecule has 15 heavy (non-hydrogen) atoms. The first-order chi connectivity index (χ1) is 7.31. The summed E-state index contributed by atoms with van der Waals surface area (Å²) in [4.78, 5) is 7.68. The van der Waals surface area contributed by atoms with Gasteiger partial charge in [0.05, 0.1) is 23.8 Å². The molecule has 0 aliphatic carbocycles. The minimum absolute atomic E-state index is 0.0911. The van der Waals surface area contributed by atoms with Gasteiger partial charge >= 0.3 is 0 Å². The third-order valence-electron chi connectivity index (χ3n) is 2.52. The molecule has 1 N–H and O–H groups in total. The fraction of sp³-hybridized carbons (Fsp3) is 0.700. The van der Waals surface area contributed by atoms with E-state index in [1.165, 1.54) is 0 Å². The quantitative estimate of drug-likeness (QED) is 0.825. The summed E-state index contributed by atoms with van der Waals surface area (Å²) < 4.78 is 5.40. The molecule has 5 heteroatoms. The SMILES string of the molecule is Cc1nc(N2CCCOCC2)sc1CO. The van der Waals surface area contributed by atoms with Crippen LogP contribution in [-0.2, 0) is 11.3 Å². The number of aromatic nitrogens is 1. The minimum atomic E-state index is 0.0911. The van der Waals surface area contributed by atoms with Gasteiger partial charge in [-0.1, -0.05) is 11.3 Å². The molecule has 2 rings (SSSR count). The molecule has 0 atom stereocenters. The fourth-order valence-corrected chi connectivity index (χ4v) is 2.60. The Morgan fingerprint density at radius 1 is 1.47 bits per heavy atom. The molecule has 0 radical (unpaired) electrons. The highest BCUT2D eigenvalue weighted by atomic mass is 32.1. The summed E-state index contributed by atoms with van der Waals surface area (Å²) in [6, 6.07) is 0. The van der Waals surface area contributed by atoms with E-state index in [1.807, 2.05) is 6.92 Å². The topological polar surface area (TPSA) is 45.6 Å². The van der Waals surface area contributed by atoms with Crippen molar-refractivity contribution in [3.05, 3.63) is 10.6 Å². The third kappa shape index (κ3) is 2.48. The van der Waals surface area contributed by atoms with E-state index in [9.17, 15) is 0 Å². The van der Waals surface area contributed by atoms with Gasteiger partial charge < -0.3 is 14.7 Å². The minimum Gasteiger partial charge on any atom is -0.391 e. The van der Waals surface area contributed by atoms with E-state index in [0.29, 0.717) is 0 Å². The molecule has 1 aliphatic heterocycles. The summed E-state index contributed by atoms with van der Waals surface area (Å²) in [5.74, 6) is 0. The van der Waals surface area contributed by atoms with E-state index in [2.05, 4.69) is 9.88 Å². The number of hydrogen-bond acceptors (Lipinski definition) is 5. The molecular formula is C10H16N2O2S. The molecule has 2 heterocycles. The number of aryl methyl sites for hydroxylation is 1. The zero-order valence-corrected chi connectivity index (χ0v) is 9.72. The molecule has 1 fully saturated rings. The highest BCUT2D eigenvalue weighted by Crippen LogP contribution is 2.26. The van der Waals surface area contributed by atoms with Gasteiger partial charge in [-0.15, -0.1) is 0 Å². The van der Waals surface area contributed by atoms with Crippen LogP contribution < -0.4 is 4.90 Å². The van der Waals surface area contributed by atoms with E-state index in [1.54, 1.807) is 11.3 Å². The van der Waals surface area contributed by atoms with Crippen LogP contribution in [0.3, 0.4) is 0 Å². The molecule has 84 valence electrons. The molecule has 0 amide bonds. The predicted octanol–water partition coefficient (Wildman–Crippen LogP) is 1.17. The van der Waals surface area contributed by atoms with Crippen LogP contribution in [0.25, 0.3) is 0 Å². The lowest BCUT2D eigenvalue weighted by atomic mass is 10.4. The van der Waals surface area contributed by atoms with Crippen LogP contribution in [0.2, 0.25) is 0 Å². The van der Waals surface area contributed by atoms with Gasteiger partial charge in [0.2, 0.25) is 0 Å². The number of thiazole rings is 1. The van der Waals surface area contributed by atoms with Crippen LogP contribution in [-0.4, -0.2) is 36.4 Å². The van der Waals surface area contributed by atoms with Gasteiger partial charge in [-0.2, -0.15) is 0 Å². The Kier molecular flexibility index (Phi) is 3.56. The number of ether oxygens (including phenoxy) is 1. The lowest BCUT2D eigenvalue weighted by Gasteiger charge is -2.17. The standard InChI is InChI=1S/C10H16N2O2S/c1-8-9(7-13)15-10(11-8)12-3-2-5-14-6-4-12/h13H,2-7H2,1H3. The lowest BCUT2D eigenvalue weighted by molar-refractivity contribution is 0.152. The number of aliphatic hydroxyl groups excluding tert-OH is 1. The maximum atomic E-state index is 9.11. The van der Waals surface area contributed by atoms with Crippen LogP contribution in [0.1, 0.15) is 17.0 Å². The van der Waals surface area contributed by atoms with Crippen molar-refractivity contribution in [1.29, 1.82) is 0 Å². The molecule has 1 aliphatic rings. The fourth-order valence-electron chi connectivity index (χ4n) is 1.63. The average molecular weight is 228 g/mol. The van der Waals surface area contributed by atoms with Crippen molar-refractivity contribution < 1.29 is 9.84 Å². The van der Waals surface area contributed by atoms with Crippen LogP contribution in [0.15, 0.2) is 0 Å². The first-order valence-electron chi connectivity index (χ1n) is 5.21. The van der Waals surface area contributed by atoms with E-state index >= 15 is 0 Å². The van der Waals surface area contributed by atoms with E-state index in [0.717, 1.165) is 48.4 Å². The van der Waals surface area contributed by atoms with E-state index < -0.39 is 0 Å². The number of hydrogen-bond donors (Lipinski definition) is 1. The first kappa shape index (κ1) is 10.9. The van der Waals surface area contributed by atoms with Crippen LogP contribution >= 0.6 is 11.3 Å². The molecular weight excluding hydrogens is 212 g/mol. The van der Waals surface area contributed by atoms with Gasteiger partial charge in [-0.3, -0.25) is 0 Å². The Morgan fingerprint density at radius 3 is 3.07 bits per heavy atom. The second kappa shape index (κ2) is 4.92. The summed E-state index contributed by atoms with van der Waals surface area (Å²) in [6.45, 7) is 5.55. The molecule has 0 aromatic carbocycles. The van der Waals surface area contributed by atoms with E-state index in [-0.39, 0.29) is 6.61 Å². The van der Waals surface area contributed by atoms with Crippen molar-refractivity contribution in [2.45, 2.75) is 20.0 Å². The highest BCUT2D eigenvalue weighted by Gasteiger charge is 2.15. The molecule has 1 saturated heterocycles. The number of rotatable bonds is 2. The van der Waals surface area contributed by atoms with Gasteiger partial charge in [0.25, 0.3) is 0 Å².